The Balaban J connectivity index is 2.13. The minimum Gasteiger partial charge on any atom is -0.477 e. The summed E-state index contributed by atoms with van der Waals surface area (Å²) in [7, 11) is 0. The number of anilines is 1. The molecule has 1 aromatic rings. The molecule has 10 heteroatoms. The maximum atomic E-state index is 11.3. The number of aliphatic imine (C=N–C) groups is 2. The number of nitro groups is 1. The molecule has 1 aromatic carbocycles. The van der Waals surface area contributed by atoms with Gasteiger partial charge in [-0.2, -0.15) is 4.99 Å². The molecule has 0 amide bonds. The van der Waals surface area contributed by atoms with Gasteiger partial charge in [-0.25, -0.2) is 9.79 Å². The van der Waals surface area contributed by atoms with Crippen LogP contribution < -0.4 is 16.4 Å². The number of benzene rings is 1. The third kappa shape index (κ3) is 2.86. The first-order valence-electron chi connectivity index (χ1n) is 7.85. The molecular weight excluding hydrogens is 328 g/mol. The van der Waals surface area contributed by atoms with Crippen molar-refractivity contribution in [1.82, 2.24) is 0 Å². The third-order valence-corrected chi connectivity index (χ3v) is 4.52. The minimum absolute atomic E-state index is 0.0762. The summed E-state index contributed by atoms with van der Waals surface area (Å²) in [6, 6.07) is 3.87. The van der Waals surface area contributed by atoms with Crippen molar-refractivity contribution in [3.05, 3.63) is 33.9 Å². The number of carboxylic acids is 1. The van der Waals surface area contributed by atoms with Crippen molar-refractivity contribution in [1.29, 1.82) is 0 Å². The smallest absolute Gasteiger partial charge is 0.342 e. The standard InChI is InChI=1S/C15H18N6O4/c16-13-18-14(17)20(15(19-13)6-2-1-3-7-15)9-4-5-10(12(22)23)11(8-9)21(24)25/h4-5,8H,1-3,6-7H2,(H,22,23)(H4,16,17,18,19). The largest absolute Gasteiger partial charge is 0.477 e. The maximum absolute atomic E-state index is 11.3. The molecule has 1 aliphatic carbocycles. The van der Waals surface area contributed by atoms with E-state index in [9.17, 15) is 14.9 Å². The highest BCUT2D eigenvalue weighted by atomic mass is 16.6. The third-order valence-electron chi connectivity index (χ3n) is 4.52. The van der Waals surface area contributed by atoms with E-state index < -0.39 is 22.2 Å². The Labute approximate surface area is 143 Å². The van der Waals surface area contributed by atoms with Crippen LogP contribution in [0.2, 0.25) is 0 Å². The molecule has 0 atom stereocenters. The molecule has 132 valence electrons. The van der Waals surface area contributed by atoms with Gasteiger partial charge in [0.05, 0.1) is 10.6 Å². The molecule has 1 spiro atoms. The summed E-state index contributed by atoms with van der Waals surface area (Å²) in [6.45, 7) is 0. The second-order valence-electron chi connectivity index (χ2n) is 6.08. The molecule has 1 aliphatic heterocycles. The Morgan fingerprint density at radius 2 is 1.96 bits per heavy atom. The summed E-state index contributed by atoms with van der Waals surface area (Å²) in [6.07, 6.45) is 4.24. The molecule has 1 heterocycles. The number of rotatable bonds is 3. The number of carboxylic acid groups (broad SMARTS) is 1. The molecule has 10 nitrogen and oxygen atoms in total. The lowest BCUT2D eigenvalue weighted by atomic mass is 9.87. The zero-order chi connectivity index (χ0) is 18.2. The lowest BCUT2D eigenvalue weighted by Gasteiger charge is -2.45. The van der Waals surface area contributed by atoms with Crippen molar-refractivity contribution in [3.63, 3.8) is 0 Å². The molecule has 5 N–H and O–H groups in total. The van der Waals surface area contributed by atoms with E-state index in [0.717, 1.165) is 19.3 Å². The Morgan fingerprint density at radius 3 is 2.56 bits per heavy atom. The summed E-state index contributed by atoms with van der Waals surface area (Å²) in [5.74, 6) is -1.20. The van der Waals surface area contributed by atoms with Gasteiger partial charge in [-0.05, 0) is 37.8 Å². The SMILES string of the molecule is NC1=NC2(CCCCC2)N(c2ccc(C(=O)O)c([N+](=O)[O-])c2)C(N)=N1. The molecule has 0 unspecified atom stereocenters. The van der Waals surface area contributed by atoms with Crippen LogP contribution in [0.1, 0.15) is 42.5 Å². The van der Waals surface area contributed by atoms with Gasteiger partial charge in [0, 0.05) is 6.07 Å². The Kier molecular flexibility index (Phi) is 4.03. The van der Waals surface area contributed by atoms with Gasteiger partial charge in [-0.1, -0.05) is 6.42 Å². The molecule has 0 radical (unpaired) electrons. The van der Waals surface area contributed by atoms with E-state index in [1.54, 1.807) is 4.90 Å². The van der Waals surface area contributed by atoms with E-state index >= 15 is 0 Å². The zero-order valence-electron chi connectivity index (χ0n) is 13.4. The number of hydrogen-bond acceptors (Lipinski definition) is 8. The van der Waals surface area contributed by atoms with Crippen LogP contribution in [0, 0.1) is 10.1 Å². The minimum atomic E-state index is -1.37. The van der Waals surface area contributed by atoms with Crippen molar-refractivity contribution < 1.29 is 14.8 Å². The second-order valence-corrected chi connectivity index (χ2v) is 6.08. The van der Waals surface area contributed by atoms with Crippen molar-refractivity contribution in [2.24, 2.45) is 21.5 Å². The fourth-order valence-corrected chi connectivity index (χ4v) is 3.49. The van der Waals surface area contributed by atoms with Crippen LogP contribution in [-0.2, 0) is 0 Å². The topological polar surface area (TPSA) is 160 Å². The van der Waals surface area contributed by atoms with E-state index in [1.807, 2.05) is 0 Å². The van der Waals surface area contributed by atoms with Crippen LogP contribution in [-0.4, -0.2) is 33.6 Å². The summed E-state index contributed by atoms with van der Waals surface area (Å²) < 4.78 is 0. The van der Waals surface area contributed by atoms with Gasteiger partial charge in [-0.3, -0.25) is 15.0 Å². The summed E-state index contributed by atoms with van der Waals surface area (Å²) in [5, 5.41) is 20.4. The quantitative estimate of drug-likeness (QED) is 0.550. The normalized spacial score (nSPS) is 19.3. The van der Waals surface area contributed by atoms with Gasteiger partial charge in [-0.15, -0.1) is 0 Å². The molecule has 0 aromatic heterocycles. The number of hydrogen-bond donors (Lipinski definition) is 3. The number of nitrogens with zero attached hydrogens (tertiary/aromatic N) is 4. The van der Waals surface area contributed by atoms with Gasteiger partial charge in [0.15, 0.2) is 0 Å². The van der Waals surface area contributed by atoms with Gasteiger partial charge >= 0.3 is 5.97 Å². The van der Waals surface area contributed by atoms with Crippen molar-refractivity contribution in [2.75, 3.05) is 4.90 Å². The zero-order valence-corrected chi connectivity index (χ0v) is 13.4. The summed E-state index contributed by atoms with van der Waals surface area (Å²) >= 11 is 0. The molecule has 0 bridgehead atoms. The van der Waals surface area contributed by atoms with Gasteiger partial charge in [0.2, 0.25) is 11.9 Å². The number of guanidine groups is 2. The highest BCUT2D eigenvalue weighted by molar-refractivity contribution is 6.06. The number of carbonyl (C=O) groups is 1. The van der Waals surface area contributed by atoms with Gasteiger partial charge in [0.1, 0.15) is 11.2 Å². The Bertz CT molecular complexity index is 797. The second kappa shape index (κ2) is 6.04. The van der Waals surface area contributed by atoms with E-state index in [4.69, 9.17) is 16.6 Å². The molecule has 3 rings (SSSR count). The van der Waals surface area contributed by atoms with Crippen LogP contribution in [0.5, 0.6) is 0 Å². The van der Waals surface area contributed by atoms with Crippen LogP contribution in [0.4, 0.5) is 11.4 Å². The predicted octanol–water partition coefficient (Wildman–Crippen LogP) is 1.40. The molecular formula is C15H18N6O4. The van der Waals surface area contributed by atoms with Gasteiger partial charge in [0.25, 0.3) is 5.69 Å². The molecule has 0 saturated heterocycles. The Morgan fingerprint density at radius 1 is 1.28 bits per heavy atom. The highest BCUT2D eigenvalue weighted by Crippen LogP contribution is 2.40. The first-order chi connectivity index (χ1) is 11.8. The van der Waals surface area contributed by atoms with Crippen molar-refractivity contribution >= 4 is 29.3 Å². The molecule has 1 saturated carbocycles. The van der Waals surface area contributed by atoms with Crippen LogP contribution in [0.25, 0.3) is 0 Å². The summed E-state index contributed by atoms with van der Waals surface area (Å²) in [4.78, 5) is 31.9. The average molecular weight is 346 g/mol. The van der Waals surface area contributed by atoms with E-state index in [2.05, 4.69) is 9.98 Å². The predicted molar refractivity (Wildman–Crippen MR) is 91.6 cm³/mol. The van der Waals surface area contributed by atoms with E-state index in [-0.39, 0.29) is 17.5 Å². The number of nitro benzene ring substituents is 1. The monoisotopic (exact) mass is 346 g/mol. The molecule has 25 heavy (non-hydrogen) atoms. The highest BCUT2D eigenvalue weighted by Gasteiger charge is 2.43. The van der Waals surface area contributed by atoms with Crippen LogP contribution in [0.15, 0.2) is 28.2 Å². The van der Waals surface area contributed by atoms with Crippen LogP contribution >= 0.6 is 0 Å². The Hall–Kier alpha value is -3.17. The average Bonchev–Trinajstić information content (AvgIpc) is 2.54. The first-order valence-corrected chi connectivity index (χ1v) is 7.85. The van der Waals surface area contributed by atoms with Crippen molar-refractivity contribution in [2.45, 2.75) is 37.8 Å². The summed E-state index contributed by atoms with van der Waals surface area (Å²) in [5.41, 5.74) is 10.6. The maximum Gasteiger partial charge on any atom is 0.342 e. The number of aromatic carboxylic acids is 1. The molecule has 1 fully saturated rings. The first kappa shape index (κ1) is 16.7. The number of nitrogens with two attached hydrogens (primary N) is 2. The van der Waals surface area contributed by atoms with Crippen LogP contribution in [0.3, 0.4) is 0 Å². The molecule has 2 aliphatic rings. The fraction of sp³-hybridized carbons (Fsp3) is 0.400. The lowest BCUT2D eigenvalue weighted by Crippen LogP contribution is -2.58. The van der Waals surface area contributed by atoms with Gasteiger partial charge < -0.3 is 16.6 Å². The fourth-order valence-electron chi connectivity index (χ4n) is 3.49. The lowest BCUT2D eigenvalue weighted by molar-refractivity contribution is -0.385. The van der Waals surface area contributed by atoms with E-state index in [1.165, 1.54) is 18.2 Å². The van der Waals surface area contributed by atoms with E-state index in [0.29, 0.717) is 18.5 Å². The van der Waals surface area contributed by atoms with Crippen molar-refractivity contribution in [3.8, 4) is 0 Å².